The highest BCUT2D eigenvalue weighted by Gasteiger charge is 2.44. The molecule has 0 spiro atoms. The van der Waals surface area contributed by atoms with Gasteiger partial charge in [-0.15, -0.1) is 0 Å². The Kier molecular flexibility index (Phi) is 1.87. The molecule has 0 saturated carbocycles. The third-order valence-electron chi connectivity index (χ3n) is 1.43. The van der Waals surface area contributed by atoms with Crippen LogP contribution in [0.3, 0.4) is 0 Å². The summed E-state index contributed by atoms with van der Waals surface area (Å²) in [5.41, 5.74) is 0. The molecule has 0 aliphatic carbocycles. The molecule has 0 aromatic carbocycles. The Morgan fingerprint density at radius 1 is 1.60 bits per heavy atom. The zero-order valence-electron chi connectivity index (χ0n) is 5.44. The fourth-order valence-corrected chi connectivity index (χ4v) is 0.878. The number of alkyl halides is 3. The molecular weight excluding hydrogens is 145 g/mol. The van der Waals surface area contributed by atoms with Crippen molar-refractivity contribution in [2.24, 2.45) is 0 Å². The fraction of sp³-hybridized carbons (Fsp3) is 0.800. The minimum absolute atomic E-state index is 0.268. The van der Waals surface area contributed by atoms with Crippen LogP contribution in [0.1, 0.15) is 0 Å². The largest absolute Gasteiger partial charge is 0.405 e. The van der Waals surface area contributed by atoms with Crippen molar-refractivity contribution >= 4 is 0 Å². The summed E-state index contributed by atoms with van der Waals surface area (Å²) in [6.07, 6.45) is -4.14. The van der Waals surface area contributed by atoms with Gasteiger partial charge in [0.1, 0.15) is 6.04 Å². The zero-order valence-corrected chi connectivity index (χ0v) is 5.44. The van der Waals surface area contributed by atoms with E-state index in [1.165, 1.54) is 11.9 Å². The summed E-state index contributed by atoms with van der Waals surface area (Å²) in [5, 5.41) is 2.51. The highest BCUT2D eigenvalue weighted by atomic mass is 19.4. The molecule has 1 rings (SSSR count). The Morgan fingerprint density at radius 3 is 2.40 bits per heavy atom. The van der Waals surface area contributed by atoms with Crippen LogP contribution in [0.5, 0.6) is 0 Å². The first-order valence-electron chi connectivity index (χ1n) is 2.85. The van der Waals surface area contributed by atoms with Crippen LogP contribution in [-0.4, -0.2) is 30.8 Å². The Morgan fingerprint density at radius 2 is 2.20 bits per heavy atom. The summed E-state index contributed by atoms with van der Waals surface area (Å²) in [7, 11) is 1.43. The maximum absolute atomic E-state index is 11.9. The quantitative estimate of drug-likeness (QED) is 0.547. The lowest BCUT2D eigenvalue weighted by molar-refractivity contribution is -0.164. The lowest BCUT2D eigenvalue weighted by atomic mass is 10.3. The van der Waals surface area contributed by atoms with Gasteiger partial charge in [0.15, 0.2) is 0 Å². The highest BCUT2D eigenvalue weighted by molar-refractivity contribution is 4.92. The maximum atomic E-state index is 11.9. The van der Waals surface area contributed by atoms with Crippen molar-refractivity contribution in [3.05, 3.63) is 6.54 Å². The van der Waals surface area contributed by atoms with Gasteiger partial charge in [-0.2, -0.15) is 13.2 Å². The maximum Gasteiger partial charge on any atom is 0.405 e. The van der Waals surface area contributed by atoms with Gasteiger partial charge >= 0.3 is 6.18 Å². The third kappa shape index (κ3) is 1.41. The van der Waals surface area contributed by atoms with E-state index in [0.717, 1.165) is 6.54 Å². The van der Waals surface area contributed by atoms with Crippen molar-refractivity contribution in [1.82, 2.24) is 10.2 Å². The lowest BCUT2D eigenvalue weighted by Gasteiger charge is -2.20. The van der Waals surface area contributed by atoms with Gasteiger partial charge in [-0.1, -0.05) is 0 Å². The SMILES string of the molecule is CN1CN[CH]C1C(F)(F)F. The molecule has 1 atom stereocenters. The molecule has 1 heterocycles. The molecule has 0 bridgehead atoms. The van der Waals surface area contributed by atoms with Crippen LogP contribution in [0.25, 0.3) is 0 Å². The van der Waals surface area contributed by atoms with E-state index < -0.39 is 12.2 Å². The number of nitrogens with one attached hydrogen (secondary N) is 1. The lowest BCUT2D eigenvalue weighted by Crippen LogP contribution is -2.38. The molecule has 1 unspecified atom stereocenters. The third-order valence-corrected chi connectivity index (χ3v) is 1.43. The minimum atomic E-state index is -4.14. The predicted molar refractivity (Wildman–Crippen MR) is 29.9 cm³/mol. The minimum Gasteiger partial charge on any atom is -0.298 e. The second-order valence-corrected chi connectivity index (χ2v) is 2.27. The molecule has 0 aromatic heterocycles. The highest BCUT2D eigenvalue weighted by Crippen LogP contribution is 2.26. The van der Waals surface area contributed by atoms with Crippen LogP contribution in [0.2, 0.25) is 0 Å². The number of nitrogens with zero attached hydrogens (tertiary/aromatic N) is 1. The van der Waals surface area contributed by atoms with Crippen LogP contribution in [-0.2, 0) is 0 Å². The molecule has 1 aliphatic rings. The van der Waals surface area contributed by atoms with Gasteiger partial charge in [0.05, 0.1) is 0 Å². The van der Waals surface area contributed by atoms with Crippen molar-refractivity contribution < 1.29 is 13.2 Å². The number of likely N-dealkylation sites (N-methyl/N-ethyl adjacent to an activating group) is 1. The molecule has 10 heavy (non-hydrogen) atoms. The Hall–Kier alpha value is -0.290. The Labute approximate surface area is 57.0 Å². The zero-order chi connectivity index (χ0) is 7.78. The molecule has 5 heteroatoms. The Balaban J connectivity index is 2.55. The molecule has 1 fully saturated rings. The van der Waals surface area contributed by atoms with Gasteiger partial charge in [0.25, 0.3) is 0 Å². The fourth-order valence-electron chi connectivity index (χ4n) is 0.878. The van der Waals surface area contributed by atoms with E-state index >= 15 is 0 Å². The molecule has 0 amide bonds. The van der Waals surface area contributed by atoms with E-state index in [4.69, 9.17) is 0 Å². The standard InChI is InChI=1S/C5H8F3N2/c1-10-3-9-2-4(10)5(6,7)8/h2,4,9H,3H2,1H3. The second-order valence-electron chi connectivity index (χ2n) is 2.27. The van der Waals surface area contributed by atoms with Crippen LogP contribution in [0, 0.1) is 6.54 Å². The smallest absolute Gasteiger partial charge is 0.298 e. The van der Waals surface area contributed by atoms with Gasteiger partial charge in [0.2, 0.25) is 0 Å². The van der Waals surface area contributed by atoms with Crippen molar-refractivity contribution in [3.8, 4) is 0 Å². The van der Waals surface area contributed by atoms with Crippen LogP contribution < -0.4 is 5.32 Å². The molecule has 1 saturated heterocycles. The Bertz CT molecular complexity index is 123. The molecule has 0 aromatic rings. The van der Waals surface area contributed by atoms with Crippen LogP contribution >= 0.6 is 0 Å². The van der Waals surface area contributed by atoms with Gasteiger partial charge < -0.3 is 0 Å². The first kappa shape index (κ1) is 7.81. The van der Waals surface area contributed by atoms with Gasteiger partial charge in [0, 0.05) is 13.2 Å². The topological polar surface area (TPSA) is 15.3 Å². The van der Waals surface area contributed by atoms with Gasteiger partial charge in [-0.05, 0) is 7.05 Å². The van der Waals surface area contributed by atoms with E-state index in [9.17, 15) is 13.2 Å². The molecule has 59 valence electrons. The van der Waals surface area contributed by atoms with Crippen molar-refractivity contribution in [3.63, 3.8) is 0 Å². The summed E-state index contributed by atoms with van der Waals surface area (Å²) in [5.74, 6) is 0. The molecule has 1 aliphatic heterocycles. The first-order valence-corrected chi connectivity index (χ1v) is 2.85. The van der Waals surface area contributed by atoms with E-state index in [1.54, 1.807) is 0 Å². The van der Waals surface area contributed by atoms with E-state index in [-0.39, 0.29) is 6.67 Å². The molecule has 1 radical (unpaired) electrons. The monoisotopic (exact) mass is 153 g/mol. The van der Waals surface area contributed by atoms with Crippen molar-refractivity contribution in [1.29, 1.82) is 0 Å². The van der Waals surface area contributed by atoms with E-state index in [1.807, 2.05) is 0 Å². The second kappa shape index (κ2) is 2.39. The van der Waals surface area contributed by atoms with Crippen molar-refractivity contribution in [2.75, 3.05) is 13.7 Å². The molecule has 1 N–H and O–H groups in total. The number of hydrogen-bond acceptors (Lipinski definition) is 2. The average Bonchev–Trinajstić information content (AvgIpc) is 2.11. The molecule has 2 nitrogen and oxygen atoms in total. The first-order chi connectivity index (χ1) is 4.52. The summed E-state index contributed by atoms with van der Waals surface area (Å²) in [4.78, 5) is 1.19. The van der Waals surface area contributed by atoms with E-state index in [2.05, 4.69) is 5.32 Å². The normalized spacial score (nSPS) is 29.4. The van der Waals surface area contributed by atoms with E-state index in [0.29, 0.717) is 0 Å². The van der Waals surface area contributed by atoms with Crippen LogP contribution in [0.15, 0.2) is 0 Å². The number of rotatable bonds is 0. The summed E-state index contributed by atoms with van der Waals surface area (Å²) in [6, 6.07) is -1.42. The average molecular weight is 153 g/mol. The predicted octanol–water partition coefficient (Wildman–Crippen LogP) is 0.572. The van der Waals surface area contributed by atoms with Crippen LogP contribution in [0.4, 0.5) is 13.2 Å². The van der Waals surface area contributed by atoms with Crippen molar-refractivity contribution in [2.45, 2.75) is 12.2 Å². The molecular formula is C5H8F3N2. The number of halogens is 3. The van der Waals surface area contributed by atoms with Gasteiger partial charge in [-0.25, -0.2) is 0 Å². The number of hydrogen-bond donors (Lipinski definition) is 1. The summed E-state index contributed by atoms with van der Waals surface area (Å²) >= 11 is 0. The summed E-state index contributed by atoms with van der Waals surface area (Å²) < 4.78 is 35.7. The summed E-state index contributed by atoms with van der Waals surface area (Å²) in [6.45, 7) is 1.32. The van der Waals surface area contributed by atoms with Gasteiger partial charge in [-0.3, -0.25) is 10.2 Å².